The largest absolute Gasteiger partial charge is 0.383 e. The fraction of sp³-hybridized carbons (Fsp3) is 0.833. The second kappa shape index (κ2) is 9.85. The molecule has 0 heterocycles. The molecule has 0 bridgehead atoms. The van der Waals surface area contributed by atoms with Gasteiger partial charge in [-0.3, -0.25) is 9.59 Å². The molecule has 1 unspecified atom stereocenters. The third kappa shape index (κ3) is 6.56. The minimum absolute atomic E-state index is 0.0596. The van der Waals surface area contributed by atoms with Gasteiger partial charge in [-0.15, -0.1) is 0 Å². The molecule has 0 saturated carbocycles. The van der Waals surface area contributed by atoms with Gasteiger partial charge >= 0.3 is 0 Å². The maximum absolute atomic E-state index is 12.0. The smallest absolute Gasteiger partial charge is 0.242 e. The van der Waals surface area contributed by atoms with Crippen LogP contribution < -0.4 is 11.1 Å². The number of hydrogen-bond donors (Lipinski definition) is 2. The van der Waals surface area contributed by atoms with E-state index in [4.69, 9.17) is 10.5 Å². The van der Waals surface area contributed by atoms with Crippen LogP contribution in [0.3, 0.4) is 0 Å². The van der Waals surface area contributed by atoms with Gasteiger partial charge in [0.1, 0.15) is 6.04 Å². The van der Waals surface area contributed by atoms with Crippen molar-refractivity contribution in [1.82, 2.24) is 10.2 Å². The Kier molecular flexibility index (Phi) is 9.22. The van der Waals surface area contributed by atoms with Crippen molar-refractivity contribution in [2.75, 3.05) is 33.4 Å². The summed E-state index contributed by atoms with van der Waals surface area (Å²) in [5.74, 6) is -0.395. The summed E-state index contributed by atoms with van der Waals surface area (Å²) < 4.78 is 4.85. The number of rotatable bonds is 9. The Morgan fingerprint density at radius 3 is 2.50 bits per heavy atom. The highest BCUT2D eigenvalue weighted by Gasteiger charge is 2.22. The summed E-state index contributed by atoms with van der Waals surface area (Å²) in [6, 6.07) is -0.708. The molecule has 0 fully saturated rings. The molecule has 0 aromatic rings. The van der Waals surface area contributed by atoms with Crippen molar-refractivity contribution < 1.29 is 14.3 Å². The lowest BCUT2D eigenvalue weighted by molar-refractivity contribution is -0.138. The molecule has 0 aliphatic carbocycles. The minimum atomic E-state index is -0.708. The highest BCUT2D eigenvalue weighted by molar-refractivity contribution is 5.87. The van der Waals surface area contributed by atoms with Crippen molar-refractivity contribution >= 4 is 11.8 Å². The molecule has 2 amide bonds. The average Bonchev–Trinajstić information content (AvgIpc) is 2.35. The number of methoxy groups -OCH3 is 1. The van der Waals surface area contributed by atoms with E-state index >= 15 is 0 Å². The molecule has 3 N–H and O–H groups in total. The van der Waals surface area contributed by atoms with Gasteiger partial charge in [-0.1, -0.05) is 13.8 Å². The summed E-state index contributed by atoms with van der Waals surface area (Å²) in [6.07, 6.45) is 1.66. The first kappa shape index (κ1) is 16.9. The van der Waals surface area contributed by atoms with E-state index in [0.717, 1.165) is 12.8 Å². The van der Waals surface area contributed by atoms with Crippen LogP contribution in [0.1, 0.15) is 26.7 Å². The zero-order valence-electron chi connectivity index (χ0n) is 11.6. The molecule has 6 heteroatoms. The van der Waals surface area contributed by atoms with Crippen LogP contribution in [-0.2, 0) is 14.3 Å². The molecule has 0 radical (unpaired) electrons. The molecular formula is C12H25N3O3. The van der Waals surface area contributed by atoms with Crippen molar-refractivity contribution in [3.8, 4) is 0 Å². The summed E-state index contributed by atoms with van der Waals surface area (Å²) in [6.45, 7) is 5.29. The molecule has 6 nitrogen and oxygen atoms in total. The van der Waals surface area contributed by atoms with E-state index in [0.29, 0.717) is 13.1 Å². The van der Waals surface area contributed by atoms with E-state index in [1.807, 2.05) is 13.8 Å². The van der Waals surface area contributed by atoms with Crippen LogP contribution in [-0.4, -0.2) is 56.1 Å². The number of nitrogens with two attached hydrogens (primary N) is 1. The first-order chi connectivity index (χ1) is 8.56. The number of carbonyl (C=O) groups excluding carboxylic acids is 2. The van der Waals surface area contributed by atoms with Crippen molar-refractivity contribution in [2.45, 2.75) is 32.7 Å². The number of carbonyl (C=O) groups is 2. The minimum Gasteiger partial charge on any atom is -0.383 e. The van der Waals surface area contributed by atoms with E-state index in [2.05, 4.69) is 5.32 Å². The van der Waals surface area contributed by atoms with Crippen LogP contribution in [0.15, 0.2) is 0 Å². The Labute approximate surface area is 109 Å². The molecule has 0 aliphatic heterocycles. The number of nitrogens with one attached hydrogen (secondary N) is 1. The number of hydrogen-bond acceptors (Lipinski definition) is 4. The molecule has 0 rings (SSSR count). The van der Waals surface area contributed by atoms with E-state index in [1.54, 1.807) is 0 Å². The van der Waals surface area contributed by atoms with Crippen molar-refractivity contribution in [2.24, 2.45) is 5.73 Å². The van der Waals surface area contributed by atoms with Crippen molar-refractivity contribution in [1.29, 1.82) is 0 Å². The fourth-order valence-electron chi connectivity index (χ4n) is 1.52. The maximum atomic E-state index is 12.0. The van der Waals surface area contributed by atoms with E-state index in [9.17, 15) is 9.59 Å². The molecule has 0 aromatic carbocycles. The van der Waals surface area contributed by atoms with Crippen molar-refractivity contribution in [3.05, 3.63) is 0 Å². The summed E-state index contributed by atoms with van der Waals surface area (Å²) >= 11 is 0. The molecule has 0 spiro atoms. The normalized spacial score (nSPS) is 12.0. The topological polar surface area (TPSA) is 84.7 Å². The van der Waals surface area contributed by atoms with Gasteiger partial charge in [0, 0.05) is 20.2 Å². The molecule has 18 heavy (non-hydrogen) atoms. The Balaban J connectivity index is 4.36. The number of amides is 2. The molecule has 0 aliphatic rings. The second-order valence-corrected chi connectivity index (χ2v) is 4.17. The number of ether oxygens (including phenoxy) is 1. The third-order valence-electron chi connectivity index (χ3n) is 2.38. The summed E-state index contributed by atoms with van der Waals surface area (Å²) in [5.41, 5.74) is 5.69. The first-order valence-electron chi connectivity index (χ1n) is 6.36. The standard InChI is InChI=1S/C12H25N3O3/c1-4-6-14-11(16)8-15(7-5-2)12(17)10(13)9-18-3/h10H,4-9,13H2,1-3H3,(H,14,16). The lowest BCUT2D eigenvalue weighted by Crippen LogP contribution is -2.49. The third-order valence-corrected chi connectivity index (χ3v) is 2.38. The van der Waals surface area contributed by atoms with E-state index < -0.39 is 6.04 Å². The Hall–Kier alpha value is -1.14. The predicted molar refractivity (Wildman–Crippen MR) is 70.0 cm³/mol. The molecular weight excluding hydrogens is 234 g/mol. The van der Waals surface area contributed by atoms with Crippen LogP contribution in [0.25, 0.3) is 0 Å². The quantitative estimate of drug-likeness (QED) is 0.596. The van der Waals surface area contributed by atoms with E-state index in [-0.39, 0.29) is 25.0 Å². The van der Waals surface area contributed by atoms with Gasteiger partial charge in [0.15, 0.2) is 0 Å². The lowest BCUT2D eigenvalue weighted by Gasteiger charge is -2.24. The SMILES string of the molecule is CCCNC(=O)CN(CCC)C(=O)C(N)COC. The zero-order chi connectivity index (χ0) is 14.0. The van der Waals surface area contributed by atoms with Gasteiger partial charge in [0.2, 0.25) is 11.8 Å². The van der Waals surface area contributed by atoms with Crippen molar-refractivity contribution in [3.63, 3.8) is 0 Å². The van der Waals surface area contributed by atoms with Crippen LogP contribution in [0.2, 0.25) is 0 Å². The Morgan fingerprint density at radius 2 is 2.00 bits per heavy atom. The van der Waals surface area contributed by atoms with Crippen LogP contribution in [0.4, 0.5) is 0 Å². The predicted octanol–water partition coefficient (Wildman–Crippen LogP) is -0.275. The van der Waals surface area contributed by atoms with Gasteiger partial charge in [-0.05, 0) is 12.8 Å². The van der Waals surface area contributed by atoms with Gasteiger partial charge in [-0.25, -0.2) is 0 Å². The number of nitrogens with zero attached hydrogens (tertiary/aromatic N) is 1. The summed E-state index contributed by atoms with van der Waals surface area (Å²) in [4.78, 5) is 25.0. The molecule has 1 atom stereocenters. The van der Waals surface area contributed by atoms with Gasteiger partial charge in [0.25, 0.3) is 0 Å². The first-order valence-corrected chi connectivity index (χ1v) is 6.36. The molecule has 0 saturated heterocycles. The average molecular weight is 259 g/mol. The molecule has 106 valence electrons. The Morgan fingerprint density at radius 1 is 1.33 bits per heavy atom. The van der Waals surface area contributed by atoms with Gasteiger partial charge < -0.3 is 20.7 Å². The van der Waals surface area contributed by atoms with Crippen LogP contribution in [0.5, 0.6) is 0 Å². The fourth-order valence-corrected chi connectivity index (χ4v) is 1.52. The zero-order valence-corrected chi connectivity index (χ0v) is 11.6. The Bertz CT molecular complexity index is 259. The maximum Gasteiger partial charge on any atom is 0.242 e. The van der Waals surface area contributed by atoms with E-state index in [1.165, 1.54) is 12.0 Å². The van der Waals surface area contributed by atoms with Crippen LogP contribution in [0, 0.1) is 0 Å². The summed E-state index contributed by atoms with van der Waals surface area (Å²) in [5, 5.41) is 2.74. The van der Waals surface area contributed by atoms with Gasteiger partial charge in [0.05, 0.1) is 13.2 Å². The summed E-state index contributed by atoms with van der Waals surface area (Å²) in [7, 11) is 1.49. The second-order valence-electron chi connectivity index (χ2n) is 4.17. The molecule has 0 aromatic heterocycles. The van der Waals surface area contributed by atoms with Crippen LogP contribution >= 0.6 is 0 Å². The highest BCUT2D eigenvalue weighted by Crippen LogP contribution is 1.97. The highest BCUT2D eigenvalue weighted by atomic mass is 16.5. The lowest BCUT2D eigenvalue weighted by atomic mass is 10.2. The van der Waals surface area contributed by atoms with Gasteiger partial charge in [-0.2, -0.15) is 0 Å². The monoisotopic (exact) mass is 259 g/mol.